The molecule has 0 amide bonds. The second-order valence-electron chi connectivity index (χ2n) is 2.35. The first-order valence-electron chi connectivity index (χ1n) is 3.17. The third kappa shape index (κ3) is 5.83. The summed E-state index contributed by atoms with van der Waals surface area (Å²) in [5.41, 5.74) is 0.570. The zero-order valence-electron chi connectivity index (χ0n) is 7.07. The van der Waals surface area contributed by atoms with E-state index >= 15 is 0 Å². The summed E-state index contributed by atoms with van der Waals surface area (Å²) in [4.78, 5) is 0. The fourth-order valence-corrected chi connectivity index (χ4v) is 1.67. The Bertz CT molecular complexity index is 360. The van der Waals surface area contributed by atoms with Gasteiger partial charge in [0.15, 0.2) is 0 Å². The standard InChI is InChI=1S/C7H7BrO3S.Na/c8-7-3-1-6(2-4-7)5-12(9,10)11;/h1-4H,5H2,(H,9,10,11);/q;+1. The third-order valence-corrected chi connectivity index (χ3v) is 2.49. The molecule has 3 nitrogen and oxygen atoms in total. The summed E-state index contributed by atoms with van der Waals surface area (Å²) in [7, 11) is -3.91. The van der Waals surface area contributed by atoms with Crippen LogP contribution in [-0.4, -0.2) is 13.0 Å². The van der Waals surface area contributed by atoms with Crippen molar-refractivity contribution in [1.82, 2.24) is 0 Å². The van der Waals surface area contributed by atoms with Crippen molar-refractivity contribution >= 4 is 26.0 Å². The van der Waals surface area contributed by atoms with Gasteiger partial charge in [0.25, 0.3) is 10.1 Å². The van der Waals surface area contributed by atoms with Crippen LogP contribution in [0.3, 0.4) is 0 Å². The van der Waals surface area contributed by atoms with Crippen LogP contribution in [0.15, 0.2) is 28.7 Å². The average molecular weight is 274 g/mol. The molecule has 0 radical (unpaired) electrons. The van der Waals surface area contributed by atoms with E-state index in [1.165, 1.54) is 0 Å². The maximum absolute atomic E-state index is 10.4. The maximum atomic E-state index is 10.4. The molecule has 6 heteroatoms. The van der Waals surface area contributed by atoms with Gasteiger partial charge in [-0.25, -0.2) is 0 Å². The molecular weight excluding hydrogens is 267 g/mol. The van der Waals surface area contributed by atoms with Crippen molar-refractivity contribution in [2.24, 2.45) is 0 Å². The van der Waals surface area contributed by atoms with Gasteiger partial charge in [-0.3, -0.25) is 4.55 Å². The number of halogens is 1. The predicted octanol–water partition coefficient (Wildman–Crippen LogP) is -1.16. The van der Waals surface area contributed by atoms with E-state index in [2.05, 4.69) is 15.9 Å². The van der Waals surface area contributed by atoms with Crippen molar-refractivity contribution in [3.63, 3.8) is 0 Å². The van der Waals surface area contributed by atoms with Gasteiger partial charge in [-0.1, -0.05) is 28.1 Å². The molecule has 1 aromatic carbocycles. The molecule has 0 aliphatic rings. The summed E-state index contributed by atoms with van der Waals surface area (Å²) >= 11 is 3.21. The van der Waals surface area contributed by atoms with E-state index in [0.29, 0.717) is 5.56 Å². The Labute approximate surface area is 108 Å². The summed E-state index contributed by atoms with van der Waals surface area (Å²) < 4.78 is 30.2. The summed E-state index contributed by atoms with van der Waals surface area (Å²) in [5, 5.41) is 0. The molecule has 1 aromatic rings. The van der Waals surface area contributed by atoms with Gasteiger partial charge in [0.2, 0.25) is 0 Å². The van der Waals surface area contributed by atoms with Crippen LogP contribution in [-0.2, 0) is 15.9 Å². The fourth-order valence-electron chi connectivity index (χ4n) is 0.791. The molecule has 0 saturated heterocycles. The van der Waals surface area contributed by atoms with E-state index in [0.717, 1.165) is 4.47 Å². The molecule has 0 spiro atoms. The van der Waals surface area contributed by atoms with Crippen LogP contribution >= 0.6 is 15.9 Å². The zero-order chi connectivity index (χ0) is 9.19. The second-order valence-corrected chi connectivity index (χ2v) is 4.72. The van der Waals surface area contributed by atoms with Crippen LogP contribution in [0.4, 0.5) is 0 Å². The summed E-state index contributed by atoms with van der Waals surface area (Å²) in [6, 6.07) is 6.72. The fraction of sp³-hybridized carbons (Fsp3) is 0.143. The van der Waals surface area contributed by atoms with Gasteiger partial charge in [-0.05, 0) is 17.7 Å². The minimum Gasteiger partial charge on any atom is -0.285 e. The molecule has 13 heavy (non-hydrogen) atoms. The Kier molecular flexibility index (Phi) is 5.74. The molecular formula is C7H7BrNaO3S+. The number of benzene rings is 1. The Morgan fingerprint density at radius 3 is 2.08 bits per heavy atom. The molecule has 0 aliphatic carbocycles. The van der Waals surface area contributed by atoms with E-state index in [1.807, 2.05) is 0 Å². The van der Waals surface area contributed by atoms with E-state index in [9.17, 15) is 8.42 Å². The molecule has 1 N–H and O–H groups in total. The van der Waals surface area contributed by atoms with Crippen molar-refractivity contribution in [1.29, 1.82) is 0 Å². The zero-order valence-corrected chi connectivity index (χ0v) is 11.5. The normalized spacial score (nSPS) is 10.6. The first kappa shape index (κ1) is 13.6. The van der Waals surface area contributed by atoms with Gasteiger partial charge in [0.1, 0.15) is 5.75 Å². The van der Waals surface area contributed by atoms with Crippen LogP contribution in [0.2, 0.25) is 0 Å². The Morgan fingerprint density at radius 1 is 1.23 bits per heavy atom. The van der Waals surface area contributed by atoms with E-state index in [4.69, 9.17) is 4.55 Å². The SMILES string of the molecule is O=S(=O)(O)Cc1ccc(Br)cc1.[Na+]. The minimum atomic E-state index is -3.91. The number of hydrogen-bond donors (Lipinski definition) is 1. The summed E-state index contributed by atoms with van der Waals surface area (Å²) in [6.07, 6.45) is 0. The van der Waals surface area contributed by atoms with Gasteiger partial charge < -0.3 is 0 Å². The van der Waals surface area contributed by atoms with Crippen molar-refractivity contribution in [3.05, 3.63) is 34.3 Å². The van der Waals surface area contributed by atoms with Gasteiger partial charge in [0.05, 0.1) is 0 Å². The van der Waals surface area contributed by atoms with E-state index < -0.39 is 10.1 Å². The van der Waals surface area contributed by atoms with Crippen LogP contribution < -0.4 is 29.6 Å². The molecule has 66 valence electrons. The first-order valence-corrected chi connectivity index (χ1v) is 5.57. The quantitative estimate of drug-likeness (QED) is 0.547. The van der Waals surface area contributed by atoms with Crippen molar-refractivity contribution in [2.75, 3.05) is 0 Å². The van der Waals surface area contributed by atoms with Crippen molar-refractivity contribution in [2.45, 2.75) is 5.75 Å². The van der Waals surface area contributed by atoms with Gasteiger partial charge in [-0.15, -0.1) is 0 Å². The molecule has 0 saturated carbocycles. The maximum Gasteiger partial charge on any atom is 1.00 e. The Hall–Kier alpha value is 0.610. The molecule has 0 heterocycles. The van der Waals surface area contributed by atoms with Gasteiger partial charge in [-0.2, -0.15) is 8.42 Å². The largest absolute Gasteiger partial charge is 1.00 e. The topological polar surface area (TPSA) is 54.4 Å². The van der Waals surface area contributed by atoms with Crippen molar-refractivity contribution in [3.8, 4) is 0 Å². The molecule has 0 aliphatic heterocycles. The third-order valence-electron chi connectivity index (χ3n) is 1.26. The van der Waals surface area contributed by atoms with Crippen LogP contribution in [0.1, 0.15) is 5.56 Å². The molecule has 0 unspecified atom stereocenters. The van der Waals surface area contributed by atoms with Gasteiger partial charge >= 0.3 is 29.6 Å². The Morgan fingerprint density at radius 2 is 1.69 bits per heavy atom. The van der Waals surface area contributed by atoms with E-state index in [-0.39, 0.29) is 35.3 Å². The second kappa shape index (κ2) is 5.48. The average Bonchev–Trinajstić information content (AvgIpc) is 1.91. The van der Waals surface area contributed by atoms with Gasteiger partial charge in [0, 0.05) is 4.47 Å². The monoisotopic (exact) mass is 273 g/mol. The van der Waals surface area contributed by atoms with Crippen LogP contribution in [0.5, 0.6) is 0 Å². The van der Waals surface area contributed by atoms with Crippen LogP contribution in [0.25, 0.3) is 0 Å². The molecule has 1 rings (SSSR count). The van der Waals surface area contributed by atoms with Crippen molar-refractivity contribution < 1.29 is 42.5 Å². The molecule has 0 fully saturated rings. The van der Waals surface area contributed by atoms with E-state index in [1.54, 1.807) is 24.3 Å². The minimum absolute atomic E-state index is 0. The van der Waals surface area contributed by atoms with Crippen LogP contribution in [0, 0.1) is 0 Å². The smallest absolute Gasteiger partial charge is 0.285 e. The number of rotatable bonds is 2. The summed E-state index contributed by atoms with van der Waals surface area (Å²) in [6.45, 7) is 0. The first-order chi connectivity index (χ1) is 5.47. The molecule has 0 atom stereocenters. The summed E-state index contributed by atoms with van der Waals surface area (Å²) in [5.74, 6) is -0.333. The molecule has 0 aromatic heterocycles. The number of hydrogen-bond acceptors (Lipinski definition) is 2. The Balaban J connectivity index is 0.00000144. The predicted molar refractivity (Wildman–Crippen MR) is 49.4 cm³/mol. The molecule has 0 bridgehead atoms.